The third kappa shape index (κ3) is 6.98. The SMILES string of the molecule is CC[C@H](C[C@@](C)(CCCCl)C(=O)OC)OCc1ccc(I)cc1. The summed E-state index contributed by atoms with van der Waals surface area (Å²) in [7, 11) is 1.44. The van der Waals surface area contributed by atoms with Gasteiger partial charge in [0.25, 0.3) is 0 Å². The molecule has 23 heavy (non-hydrogen) atoms. The first-order chi connectivity index (χ1) is 10.9. The summed E-state index contributed by atoms with van der Waals surface area (Å²) >= 11 is 8.08. The molecule has 1 rings (SSSR count). The molecular formula is C18H26ClIO3. The van der Waals surface area contributed by atoms with E-state index in [0.29, 0.717) is 25.3 Å². The number of carbonyl (C=O) groups excluding carboxylic acids is 1. The first-order valence-electron chi connectivity index (χ1n) is 7.95. The van der Waals surface area contributed by atoms with Crippen molar-refractivity contribution in [2.75, 3.05) is 13.0 Å². The van der Waals surface area contributed by atoms with Crippen LogP contribution in [0.3, 0.4) is 0 Å². The van der Waals surface area contributed by atoms with Crippen molar-refractivity contribution in [3.63, 3.8) is 0 Å². The molecule has 0 N–H and O–H groups in total. The molecule has 0 aliphatic carbocycles. The molecule has 0 amide bonds. The Bertz CT molecular complexity index is 478. The van der Waals surface area contributed by atoms with Crippen LogP contribution in [0.25, 0.3) is 0 Å². The van der Waals surface area contributed by atoms with Crippen molar-refractivity contribution in [1.82, 2.24) is 0 Å². The maximum absolute atomic E-state index is 12.2. The maximum atomic E-state index is 12.2. The van der Waals surface area contributed by atoms with Crippen LogP contribution < -0.4 is 0 Å². The highest BCUT2D eigenvalue weighted by Crippen LogP contribution is 2.33. The zero-order valence-corrected chi connectivity index (χ0v) is 17.0. The van der Waals surface area contributed by atoms with Crippen molar-refractivity contribution >= 4 is 40.2 Å². The van der Waals surface area contributed by atoms with Crippen LogP contribution >= 0.6 is 34.2 Å². The van der Waals surface area contributed by atoms with Crippen molar-refractivity contribution in [3.05, 3.63) is 33.4 Å². The Morgan fingerprint density at radius 3 is 2.52 bits per heavy atom. The minimum atomic E-state index is -0.545. The number of methoxy groups -OCH3 is 1. The topological polar surface area (TPSA) is 35.5 Å². The van der Waals surface area contributed by atoms with Gasteiger partial charge >= 0.3 is 5.97 Å². The van der Waals surface area contributed by atoms with Crippen LogP contribution in [-0.4, -0.2) is 25.1 Å². The van der Waals surface area contributed by atoms with Gasteiger partial charge in [-0.05, 0) is 72.9 Å². The molecule has 3 nitrogen and oxygen atoms in total. The molecule has 5 heteroatoms. The predicted octanol–water partition coefficient (Wildman–Crippen LogP) is 5.17. The summed E-state index contributed by atoms with van der Waals surface area (Å²) in [5.41, 5.74) is 0.598. The number of ether oxygens (including phenoxy) is 2. The van der Waals surface area contributed by atoms with Gasteiger partial charge in [0.15, 0.2) is 0 Å². The Labute approximate surface area is 158 Å². The average Bonchev–Trinajstić information content (AvgIpc) is 2.57. The van der Waals surface area contributed by atoms with E-state index in [4.69, 9.17) is 21.1 Å². The highest BCUT2D eigenvalue weighted by molar-refractivity contribution is 14.1. The standard InChI is InChI=1S/C18H26ClIO3/c1-4-16(23-13-14-6-8-15(20)9-7-14)12-18(2,10-5-11-19)17(21)22-3/h6-9,16H,4-5,10-13H2,1-3H3/t16-,18-/m1/s1. The lowest BCUT2D eigenvalue weighted by atomic mass is 9.80. The maximum Gasteiger partial charge on any atom is 0.311 e. The van der Waals surface area contributed by atoms with E-state index in [2.05, 4.69) is 53.8 Å². The Kier molecular flexibility index (Phi) is 9.47. The first kappa shape index (κ1) is 20.7. The molecule has 0 fully saturated rings. The van der Waals surface area contributed by atoms with Gasteiger partial charge in [-0.2, -0.15) is 0 Å². The highest BCUT2D eigenvalue weighted by Gasteiger charge is 2.36. The minimum absolute atomic E-state index is 0.0219. The molecule has 0 aliphatic rings. The van der Waals surface area contributed by atoms with E-state index in [1.54, 1.807) is 0 Å². The fraction of sp³-hybridized carbons (Fsp3) is 0.611. The van der Waals surface area contributed by atoms with Crippen LogP contribution in [0, 0.1) is 8.99 Å². The summed E-state index contributed by atoms with van der Waals surface area (Å²) in [6.07, 6.45) is 3.04. The summed E-state index contributed by atoms with van der Waals surface area (Å²) in [5.74, 6) is 0.367. The van der Waals surface area contributed by atoms with E-state index >= 15 is 0 Å². The second-order valence-electron chi connectivity index (χ2n) is 6.02. The highest BCUT2D eigenvalue weighted by atomic mass is 127. The Hall–Kier alpha value is -0.330. The van der Waals surface area contributed by atoms with Gasteiger partial charge in [-0.25, -0.2) is 0 Å². The Morgan fingerprint density at radius 1 is 1.35 bits per heavy atom. The van der Waals surface area contributed by atoms with Gasteiger partial charge in [-0.3, -0.25) is 4.79 Å². The van der Waals surface area contributed by atoms with Crippen molar-refractivity contribution in [1.29, 1.82) is 0 Å². The largest absolute Gasteiger partial charge is 0.469 e. The third-order valence-electron chi connectivity index (χ3n) is 4.07. The van der Waals surface area contributed by atoms with Crippen LogP contribution in [0.1, 0.15) is 45.1 Å². The first-order valence-corrected chi connectivity index (χ1v) is 9.57. The molecule has 0 saturated carbocycles. The molecule has 0 unspecified atom stereocenters. The van der Waals surface area contributed by atoms with Crippen LogP contribution in [0.2, 0.25) is 0 Å². The second-order valence-corrected chi connectivity index (χ2v) is 7.64. The molecule has 0 bridgehead atoms. The van der Waals surface area contributed by atoms with Crippen LogP contribution in [0.4, 0.5) is 0 Å². The van der Waals surface area contributed by atoms with Gasteiger partial charge < -0.3 is 9.47 Å². The number of rotatable bonds is 10. The van der Waals surface area contributed by atoms with Gasteiger partial charge in [0.2, 0.25) is 0 Å². The predicted molar refractivity (Wildman–Crippen MR) is 103 cm³/mol. The number of esters is 1. The fourth-order valence-corrected chi connectivity index (χ4v) is 3.10. The molecule has 0 aromatic heterocycles. The summed E-state index contributed by atoms with van der Waals surface area (Å²) in [5, 5.41) is 0. The lowest BCUT2D eigenvalue weighted by Crippen LogP contribution is -2.34. The smallest absolute Gasteiger partial charge is 0.311 e. The Morgan fingerprint density at radius 2 is 2.00 bits per heavy atom. The fourth-order valence-electron chi connectivity index (χ4n) is 2.61. The molecule has 130 valence electrons. The van der Waals surface area contributed by atoms with Gasteiger partial charge in [0, 0.05) is 9.45 Å². The summed E-state index contributed by atoms with van der Waals surface area (Å²) in [6, 6.07) is 8.28. The van der Waals surface area contributed by atoms with Crippen molar-refractivity contribution in [2.45, 2.75) is 52.2 Å². The van der Waals surface area contributed by atoms with E-state index < -0.39 is 5.41 Å². The second kappa shape index (κ2) is 10.5. The summed E-state index contributed by atoms with van der Waals surface area (Å²) in [4.78, 5) is 12.2. The van der Waals surface area contributed by atoms with Gasteiger partial charge in [0.05, 0.1) is 25.2 Å². The molecule has 0 spiro atoms. The number of hydrogen-bond donors (Lipinski definition) is 0. The van der Waals surface area contributed by atoms with E-state index in [0.717, 1.165) is 18.4 Å². The quantitative estimate of drug-likeness (QED) is 0.279. The van der Waals surface area contributed by atoms with Crippen LogP contribution in [0.5, 0.6) is 0 Å². The number of halogens is 2. The molecule has 1 aromatic carbocycles. The van der Waals surface area contributed by atoms with E-state index in [9.17, 15) is 4.79 Å². The molecular weight excluding hydrogens is 427 g/mol. The lowest BCUT2D eigenvalue weighted by molar-refractivity contribution is -0.155. The van der Waals surface area contributed by atoms with Crippen molar-refractivity contribution in [3.8, 4) is 0 Å². The molecule has 0 aliphatic heterocycles. The zero-order chi connectivity index (χ0) is 17.3. The number of hydrogen-bond acceptors (Lipinski definition) is 3. The molecule has 2 atom stereocenters. The molecule has 1 aromatic rings. The van der Waals surface area contributed by atoms with Gasteiger partial charge in [-0.15, -0.1) is 11.6 Å². The molecule has 0 heterocycles. The van der Waals surface area contributed by atoms with Crippen LogP contribution in [0.15, 0.2) is 24.3 Å². The molecule has 0 saturated heterocycles. The van der Waals surface area contributed by atoms with Crippen molar-refractivity contribution in [2.24, 2.45) is 5.41 Å². The number of carbonyl (C=O) groups is 1. The normalized spacial score (nSPS) is 15.0. The third-order valence-corrected chi connectivity index (χ3v) is 5.06. The zero-order valence-electron chi connectivity index (χ0n) is 14.1. The summed E-state index contributed by atoms with van der Waals surface area (Å²) in [6.45, 7) is 4.59. The van der Waals surface area contributed by atoms with E-state index in [-0.39, 0.29) is 12.1 Å². The Balaban J connectivity index is 2.66. The monoisotopic (exact) mass is 452 g/mol. The minimum Gasteiger partial charge on any atom is -0.469 e. The lowest BCUT2D eigenvalue weighted by Gasteiger charge is -2.30. The van der Waals surface area contributed by atoms with E-state index in [1.165, 1.54) is 10.7 Å². The summed E-state index contributed by atoms with van der Waals surface area (Å²) < 4.78 is 12.2. The molecule has 0 radical (unpaired) electrons. The van der Waals surface area contributed by atoms with Crippen LogP contribution in [-0.2, 0) is 20.9 Å². The average molecular weight is 453 g/mol. The number of alkyl halides is 1. The van der Waals surface area contributed by atoms with Gasteiger partial charge in [0.1, 0.15) is 0 Å². The number of benzene rings is 1. The van der Waals surface area contributed by atoms with Crippen molar-refractivity contribution < 1.29 is 14.3 Å². The van der Waals surface area contributed by atoms with E-state index in [1.807, 2.05) is 6.92 Å². The van der Waals surface area contributed by atoms with Gasteiger partial charge in [-0.1, -0.05) is 19.1 Å².